The SMILES string of the molecule is Cc1cnc2c(C34CC(C)(C3)C4)nc(C3CCO[C@@H](C)C3)cc2n1.c1cnn(C2CC2)c1. The predicted octanol–water partition coefficient (Wildman–Crippen LogP) is 5.28. The smallest absolute Gasteiger partial charge is 0.111 e. The largest absolute Gasteiger partial charge is 0.378 e. The fourth-order valence-corrected chi connectivity index (χ4v) is 6.36. The van der Waals surface area contributed by atoms with Crippen LogP contribution in [-0.2, 0) is 10.2 Å². The minimum Gasteiger partial charge on any atom is -0.378 e. The molecule has 6 nitrogen and oxygen atoms in total. The van der Waals surface area contributed by atoms with E-state index in [1.54, 1.807) is 0 Å². The Morgan fingerprint density at radius 3 is 2.59 bits per heavy atom. The fraction of sp³-hybridized carbons (Fsp3) is 0.615. The lowest BCUT2D eigenvalue weighted by Gasteiger charge is -2.69. The van der Waals surface area contributed by atoms with E-state index < -0.39 is 0 Å². The molecular weight excluding hydrogens is 398 g/mol. The van der Waals surface area contributed by atoms with Gasteiger partial charge in [0, 0.05) is 42.2 Å². The van der Waals surface area contributed by atoms with Gasteiger partial charge >= 0.3 is 0 Å². The van der Waals surface area contributed by atoms with E-state index in [4.69, 9.17) is 19.7 Å². The third-order valence-electron chi connectivity index (χ3n) is 7.82. The molecule has 1 aliphatic heterocycles. The van der Waals surface area contributed by atoms with Crippen molar-refractivity contribution in [3.05, 3.63) is 47.8 Å². The number of rotatable bonds is 3. The van der Waals surface area contributed by atoms with Crippen LogP contribution in [0.3, 0.4) is 0 Å². The molecule has 2 atom stereocenters. The van der Waals surface area contributed by atoms with Crippen LogP contribution in [0, 0.1) is 12.3 Å². The number of hydrogen-bond acceptors (Lipinski definition) is 5. The number of fused-ring (bicyclic) bond motifs is 1. The van der Waals surface area contributed by atoms with Crippen LogP contribution >= 0.6 is 0 Å². The lowest BCUT2D eigenvalue weighted by atomic mass is 9.35. The van der Waals surface area contributed by atoms with E-state index >= 15 is 0 Å². The van der Waals surface area contributed by atoms with Crippen molar-refractivity contribution in [2.24, 2.45) is 5.41 Å². The summed E-state index contributed by atoms with van der Waals surface area (Å²) in [4.78, 5) is 14.7. The molecule has 6 heteroatoms. The summed E-state index contributed by atoms with van der Waals surface area (Å²) >= 11 is 0. The summed E-state index contributed by atoms with van der Waals surface area (Å²) in [6, 6.07) is 4.90. The molecule has 0 spiro atoms. The molecule has 3 aromatic heterocycles. The van der Waals surface area contributed by atoms with Gasteiger partial charge in [0.25, 0.3) is 0 Å². The van der Waals surface area contributed by atoms with Crippen molar-refractivity contribution in [2.75, 3.05) is 6.61 Å². The van der Waals surface area contributed by atoms with Crippen LogP contribution in [0.15, 0.2) is 30.7 Å². The van der Waals surface area contributed by atoms with Crippen LogP contribution in [0.5, 0.6) is 0 Å². The zero-order valence-electron chi connectivity index (χ0n) is 19.4. The summed E-state index contributed by atoms with van der Waals surface area (Å²) in [5.74, 6) is 0.488. The summed E-state index contributed by atoms with van der Waals surface area (Å²) in [5, 5.41) is 4.09. The van der Waals surface area contributed by atoms with Gasteiger partial charge in [-0.2, -0.15) is 5.10 Å². The van der Waals surface area contributed by atoms with E-state index in [2.05, 4.69) is 25.0 Å². The van der Waals surface area contributed by atoms with Crippen LogP contribution in [-0.4, -0.2) is 37.4 Å². The van der Waals surface area contributed by atoms with Gasteiger partial charge in [-0.3, -0.25) is 14.6 Å². The van der Waals surface area contributed by atoms with Gasteiger partial charge in [0.15, 0.2) is 0 Å². The topological polar surface area (TPSA) is 65.7 Å². The van der Waals surface area contributed by atoms with Crippen molar-refractivity contribution < 1.29 is 4.74 Å². The average molecular weight is 432 g/mol. The van der Waals surface area contributed by atoms with Gasteiger partial charge in [-0.1, -0.05) is 6.92 Å². The maximum Gasteiger partial charge on any atom is 0.111 e. The lowest BCUT2D eigenvalue weighted by Crippen LogP contribution is -2.63. The van der Waals surface area contributed by atoms with Crippen molar-refractivity contribution in [3.8, 4) is 0 Å². The summed E-state index contributed by atoms with van der Waals surface area (Å²) in [5.41, 5.74) is 6.33. The molecule has 5 fully saturated rings. The molecule has 32 heavy (non-hydrogen) atoms. The van der Waals surface area contributed by atoms with E-state index in [0.717, 1.165) is 42.2 Å². The number of aryl methyl sites for hydroxylation is 1. The van der Waals surface area contributed by atoms with Gasteiger partial charge in [-0.25, -0.2) is 4.98 Å². The van der Waals surface area contributed by atoms with Crippen molar-refractivity contribution in [1.82, 2.24) is 24.7 Å². The Balaban J connectivity index is 0.000000205. The molecule has 3 aromatic rings. The van der Waals surface area contributed by atoms with E-state index in [1.165, 1.54) is 43.5 Å². The second-order valence-electron chi connectivity index (χ2n) is 11.0. The number of hydrogen-bond donors (Lipinski definition) is 0. The van der Waals surface area contributed by atoms with Crippen LogP contribution in [0.1, 0.15) is 87.8 Å². The summed E-state index contributed by atoms with van der Waals surface area (Å²) in [6.07, 6.45) is 14.6. The first-order valence-electron chi connectivity index (χ1n) is 12.2. The number of ether oxygens (including phenoxy) is 1. The highest BCUT2D eigenvalue weighted by Crippen LogP contribution is 2.73. The normalized spacial score (nSPS) is 33.1. The summed E-state index contributed by atoms with van der Waals surface area (Å²) in [6.45, 7) is 7.42. The third-order valence-corrected chi connectivity index (χ3v) is 7.82. The molecule has 0 aromatic carbocycles. The molecule has 0 amide bonds. The van der Waals surface area contributed by atoms with Gasteiger partial charge < -0.3 is 4.74 Å². The summed E-state index contributed by atoms with van der Waals surface area (Å²) in [7, 11) is 0. The zero-order chi connectivity index (χ0) is 21.9. The van der Waals surface area contributed by atoms with Crippen LogP contribution in [0.2, 0.25) is 0 Å². The molecule has 4 saturated carbocycles. The quantitative estimate of drug-likeness (QED) is 0.565. The monoisotopic (exact) mass is 431 g/mol. The first-order chi connectivity index (χ1) is 15.4. The van der Waals surface area contributed by atoms with Crippen molar-refractivity contribution in [3.63, 3.8) is 0 Å². The Labute approximate surface area is 189 Å². The molecule has 2 bridgehead atoms. The maximum absolute atomic E-state index is 5.73. The third kappa shape index (κ3) is 3.53. The zero-order valence-corrected chi connectivity index (χ0v) is 19.4. The van der Waals surface area contributed by atoms with Gasteiger partial charge in [0.2, 0.25) is 0 Å². The highest BCUT2D eigenvalue weighted by atomic mass is 16.5. The van der Waals surface area contributed by atoms with E-state index in [9.17, 15) is 0 Å². The molecule has 4 aliphatic carbocycles. The second kappa shape index (κ2) is 7.34. The van der Waals surface area contributed by atoms with Crippen molar-refractivity contribution in [1.29, 1.82) is 0 Å². The molecule has 1 saturated heterocycles. The molecular formula is C26H33N5O. The molecule has 1 unspecified atom stereocenters. The average Bonchev–Trinajstić information content (AvgIpc) is 3.44. The molecule has 168 valence electrons. The van der Waals surface area contributed by atoms with Gasteiger partial charge in [0.05, 0.1) is 29.1 Å². The Morgan fingerprint density at radius 1 is 1.12 bits per heavy atom. The Hall–Kier alpha value is -2.34. The molecule has 0 radical (unpaired) electrons. The van der Waals surface area contributed by atoms with Crippen molar-refractivity contribution in [2.45, 2.75) is 89.2 Å². The molecule has 8 rings (SSSR count). The van der Waals surface area contributed by atoms with Crippen molar-refractivity contribution >= 4 is 11.0 Å². The molecule has 5 aliphatic rings. The van der Waals surface area contributed by atoms with E-state index in [1.807, 2.05) is 36.3 Å². The van der Waals surface area contributed by atoms with Gasteiger partial charge in [-0.15, -0.1) is 0 Å². The van der Waals surface area contributed by atoms with Gasteiger partial charge in [0.1, 0.15) is 5.52 Å². The first-order valence-corrected chi connectivity index (χ1v) is 12.2. The first kappa shape index (κ1) is 20.3. The van der Waals surface area contributed by atoms with Gasteiger partial charge in [-0.05, 0) is 76.3 Å². The summed E-state index contributed by atoms with van der Waals surface area (Å²) < 4.78 is 7.76. The Morgan fingerprint density at radius 2 is 1.94 bits per heavy atom. The minimum atomic E-state index is 0.281. The van der Waals surface area contributed by atoms with E-state index in [0.29, 0.717) is 17.4 Å². The Kier molecular flexibility index (Phi) is 4.65. The molecule has 0 N–H and O–H groups in total. The fourth-order valence-electron chi connectivity index (χ4n) is 6.36. The minimum absolute atomic E-state index is 0.281. The molecule has 4 heterocycles. The van der Waals surface area contributed by atoms with Crippen LogP contribution in [0.25, 0.3) is 11.0 Å². The highest BCUT2D eigenvalue weighted by Gasteiger charge is 2.67. The highest BCUT2D eigenvalue weighted by molar-refractivity contribution is 5.79. The maximum atomic E-state index is 5.73. The predicted molar refractivity (Wildman–Crippen MR) is 124 cm³/mol. The number of nitrogens with zero attached hydrogens (tertiary/aromatic N) is 5. The number of aromatic nitrogens is 5. The van der Waals surface area contributed by atoms with E-state index in [-0.39, 0.29) is 5.41 Å². The second-order valence-corrected chi connectivity index (χ2v) is 11.0. The lowest BCUT2D eigenvalue weighted by molar-refractivity contribution is -0.127. The number of pyridine rings is 1. The van der Waals surface area contributed by atoms with Crippen LogP contribution in [0.4, 0.5) is 0 Å². The standard InChI is InChI=1S/C20H25N3O.C6H8N2/c1-12-8-21-17-16(22-12)7-15(14-4-5-24-13(2)6-14)23-18(17)20-9-19(3,10-20)11-20;1-4-7-8(5-1)6-2-3-6/h7-8,13-14H,4-6,9-11H2,1-3H3;1,4-6H,2-3H2/t13-,14?,19?,20?;/m0./s1. The Bertz CT molecular complexity index is 1120. The van der Waals surface area contributed by atoms with Crippen LogP contribution < -0.4 is 0 Å².